The number of carboxylic acids is 1. The lowest BCUT2D eigenvalue weighted by atomic mass is 10.0. The van der Waals surface area contributed by atoms with Crippen molar-refractivity contribution in [2.75, 3.05) is 18.8 Å². The number of nitrogens with zero attached hydrogens (tertiary/aromatic N) is 1. The van der Waals surface area contributed by atoms with Crippen molar-refractivity contribution in [3.8, 4) is 0 Å². The SMILES string of the molecule is Cc1cc(NS(=O)(=O)N(C)C)cc(C(=O)O)c1C. The lowest BCUT2D eigenvalue weighted by Crippen LogP contribution is -2.29. The van der Waals surface area contributed by atoms with Crippen molar-refractivity contribution >= 4 is 21.9 Å². The van der Waals surface area contributed by atoms with Gasteiger partial charge in [-0.05, 0) is 37.1 Å². The van der Waals surface area contributed by atoms with Crippen LogP contribution in [-0.4, -0.2) is 37.9 Å². The van der Waals surface area contributed by atoms with Crippen LogP contribution in [0.5, 0.6) is 0 Å². The summed E-state index contributed by atoms with van der Waals surface area (Å²) in [6, 6.07) is 2.91. The van der Waals surface area contributed by atoms with Crippen molar-refractivity contribution in [3.63, 3.8) is 0 Å². The number of rotatable bonds is 4. The summed E-state index contributed by atoms with van der Waals surface area (Å²) < 4.78 is 26.6. The molecule has 1 rings (SSSR count). The first kappa shape index (κ1) is 14.5. The first-order valence-corrected chi connectivity index (χ1v) is 6.64. The summed E-state index contributed by atoms with van der Waals surface area (Å²) in [7, 11) is -0.852. The molecule has 0 radical (unpaired) electrons. The van der Waals surface area contributed by atoms with Crippen LogP contribution in [0, 0.1) is 13.8 Å². The van der Waals surface area contributed by atoms with E-state index in [0.29, 0.717) is 11.1 Å². The minimum atomic E-state index is -3.63. The number of carbonyl (C=O) groups is 1. The number of benzene rings is 1. The molecular weight excluding hydrogens is 256 g/mol. The second kappa shape index (κ2) is 4.95. The van der Waals surface area contributed by atoms with E-state index in [1.165, 1.54) is 20.2 Å². The lowest BCUT2D eigenvalue weighted by Gasteiger charge is -2.15. The van der Waals surface area contributed by atoms with E-state index < -0.39 is 16.2 Å². The maximum absolute atomic E-state index is 11.6. The third-order valence-corrected chi connectivity index (χ3v) is 4.08. The molecule has 0 saturated heterocycles. The van der Waals surface area contributed by atoms with Crippen LogP contribution in [0.2, 0.25) is 0 Å². The zero-order valence-electron chi connectivity index (χ0n) is 10.7. The molecule has 7 heteroatoms. The summed E-state index contributed by atoms with van der Waals surface area (Å²) in [6.45, 7) is 3.41. The smallest absolute Gasteiger partial charge is 0.336 e. The van der Waals surface area contributed by atoms with Crippen LogP contribution < -0.4 is 4.72 Å². The van der Waals surface area contributed by atoms with Crippen molar-refractivity contribution in [2.24, 2.45) is 0 Å². The topological polar surface area (TPSA) is 86.7 Å². The molecule has 2 N–H and O–H groups in total. The molecule has 0 heterocycles. The number of anilines is 1. The first-order valence-electron chi connectivity index (χ1n) is 5.20. The summed E-state index contributed by atoms with van der Waals surface area (Å²) in [5.74, 6) is -1.08. The Kier molecular flexibility index (Phi) is 3.98. The van der Waals surface area contributed by atoms with E-state index in [1.807, 2.05) is 0 Å². The van der Waals surface area contributed by atoms with Gasteiger partial charge in [0.2, 0.25) is 0 Å². The van der Waals surface area contributed by atoms with Crippen molar-refractivity contribution < 1.29 is 18.3 Å². The zero-order chi connectivity index (χ0) is 14.1. The van der Waals surface area contributed by atoms with Gasteiger partial charge in [0.05, 0.1) is 11.3 Å². The summed E-state index contributed by atoms with van der Waals surface area (Å²) in [5.41, 5.74) is 1.66. The van der Waals surface area contributed by atoms with E-state index in [4.69, 9.17) is 5.11 Å². The van der Waals surface area contributed by atoms with E-state index in [2.05, 4.69) is 4.72 Å². The summed E-state index contributed by atoms with van der Waals surface area (Å²) >= 11 is 0. The molecule has 0 atom stereocenters. The largest absolute Gasteiger partial charge is 0.478 e. The van der Waals surface area contributed by atoms with Crippen molar-refractivity contribution in [1.29, 1.82) is 0 Å². The first-order chi connectivity index (χ1) is 8.15. The van der Waals surface area contributed by atoms with Crippen LogP contribution in [0.1, 0.15) is 21.5 Å². The number of aryl methyl sites for hydroxylation is 1. The van der Waals surface area contributed by atoms with Crippen LogP contribution in [0.4, 0.5) is 5.69 Å². The quantitative estimate of drug-likeness (QED) is 0.862. The average molecular weight is 272 g/mol. The zero-order valence-corrected chi connectivity index (χ0v) is 11.5. The Morgan fingerprint density at radius 2 is 1.83 bits per heavy atom. The minimum absolute atomic E-state index is 0.0893. The monoisotopic (exact) mass is 272 g/mol. The Morgan fingerprint density at radius 3 is 2.28 bits per heavy atom. The predicted octanol–water partition coefficient (Wildman–Crippen LogP) is 1.22. The van der Waals surface area contributed by atoms with Crippen LogP contribution in [0.3, 0.4) is 0 Å². The molecule has 1 aromatic carbocycles. The Balaban J connectivity index is 3.25. The van der Waals surface area contributed by atoms with Crippen molar-refractivity contribution in [3.05, 3.63) is 28.8 Å². The molecule has 6 nitrogen and oxygen atoms in total. The highest BCUT2D eigenvalue weighted by Crippen LogP contribution is 2.21. The highest BCUT2D eigenvalue weighted by atomic mass is 32.2. The number of carboxylic acid groups (broad SMARTS) is 1. The van der Waals surface area contributed by atoms with E-state index in [-0.39, 0.29) is 11.3 Å². The molecule has 0 aliphatic carbocycles. The summed E-state index contributed by atoms with van der Waals surface area (Å²) in [6.07, 6.45) is 0. The second-order valence-corrected chi connectivity index (χ2v) is 6.04. The molecule has 0 aliphatic heterocycles. The molecule has 0 bridgehead atoms. The van der Waals surface area contributed by atoms with E-state index in [1.54, 1.807) is 19.9 Å². The van der Waals surface area contributed by atoms with Gasteiger partial charge in [0.15, 0.2) is 0 Å². The maximum Gasteiger partial charge on any atom is 0.336 e. The molecule has 0 aliphatic rings. The fourth-order valence-electron chi connectivity index (χ4n) is 1.38. The maximum atomic E-state index is 11.6. The normalized spacial score (nSPS) is 11.6. The van der Waals surface area contributed by atoms with Crippen LogP contribution >= 0.6 is 0 Å². The van der Waals surface area contributed by atoms with E-state index in [9.17, 15) is 13.2 Å². The van der Waals surface area contributed by atoms with Crippen LogP contribution in [0.25, 0.3) is 0 Å². The number of aromatic carboxylic acids is 1. The third kappa shape index (κ3) is 2.99. The fourth-order valence-corrected chi connectivity index (χ4v) is 1.98. The van der Waals surface area contributed by atoms with Gasteiger partial charge in [-0.1, -0.05) is 0 Å². The molecule has 1 aromatic rings. The van der Waals surface area contributed by atoms with E-state index >= 15 is 0 Å². The number of hydrogen-bond acceptors (Lipinski definition) is 3. The van der Waals surface area contributed by atoms with Gasteiger partial charge in [0, 0.05) is 14.1 Å². The van der Waals surface area contributed by atoms with Crippen molar-refractivity contribution in [1.82, 2.24) is 4.31 Å². The highest BCUT2D eigenvalue weighted by molar-refractivity contribution is 7.90. The van der Waals surface area contributed by atoms with E-state index in [0.717, 1.165) is 4.31 Å². The molecule has 0 unspecified atom stereocenters. The third-order valence-electron chi connectivity index (χ3n) is 2.63. The Bertz CT molecular complexity index is 579. The van der Waals surface area contributed by atoms with Gasteiger partial charge in [-0.15, -0.1) is 0 Å². The van der Waals surface area contributed by atoms with Gasteiger partial charge in [0.1, 0.15) is 0 Å². The number of hydrogen-bond donors (Lipinski definition) is 2. The van der Waals surface area contributed by atoms with Gasteiger partial charge in [-0.25, -0.2) is 4.79 Å². The molecule has 0 fully saturated rings. The van der Waals surface area contributed by atoms with Crippen LogP contribution in [0.15, 0.2) is 12.1 Å². The summed E-state index contributed by atoms with van der Waals surface area (Å²) in [4.78, 5) is 11.0. The van der Waals surface area contributed by atoms with Crippen LogP contribution in [-0.2, 0) is 10.2 Å². The molecular formula is C11H16N2O4S. The molecule has 0 spiro atoms. The van der Waals surface area contributed by atoms with Gasteiger partial charge in [0.25, 0.3) is 0 Å². The van der Waals surface area contributed by atoms with Gasteiger partial charge in [-0.2, -0.15) is 12.7 Å². The Labute approximate surface area is 106 Å². The van der Waals surface area contributed by atoms with Crippen molar-refractivity contribution in [2.45, 2.75) is 13.8 Å². The summed E-state index contributed by atoms with van der Waals surface area (Å²) in [5, 5.41) is 9.03. The molecule has 0 amide bonds. The lowest BCUT2D eigenvalue weighted by molar-refractivity contribution is 0.0696. The average Bonchev–Trinajstić information content (AvgIpc) is 2.21. The Hall–Kier alpha value is -1.60. The molecule has 18 heavy (non-hydrogen) atoms. The molecule has 0 aromatic heterocycles. The minimum Gasteiger partial charge on any atom is -0.478 e. The number of nitrogens with one attached hydrogen (secondary N) is 1. The predicted molar refractivity (Wildman–Crippen MR) is 69.1 cm³/mol. The van der Waals surface area contributed by atoms with Gasteiger partial charge < -0.3 is 5.11 Å². The standard InChI is InChI=1S/C11H16N2O4S/c1-7-5-9(12-18(16,17)13(3)4)6-10(8(7)2)11(14)15/h5-6,12H,1-4H3,(H,14,15). The molecule has 100 valence electrons. The van der Waals surface area contributed by atoms with Gasteiger partial charge >= 0.3 is 16.2 Å². The molecule has 0 saturated carbocycles. The second-order valence-electron chi connectivity index (χ2n) is 4.16. The highest BCUT2D eigenvalue weighted by Gasteiger charge is 2.16. The Morgan fingerprint density at radius 1 is 1.28 bits per heavy atom. The fraction of sp³-hybridized carbons (Fsp3) is 0.364. The van der Waals surface area contributed by atoms with Gasteiger partial charge in [-0.3, -0.25) is 4.72 Å².